The lowest BCUT2D eigenvalue weighted by atomic mass is 9.82. The lowest BCUT2D eigenvalue weighted by molar-refractivity contribution is 0.288. The monoisotopic (exact) mass is 205 g/mol. The van der Waals surface area contributed by atoms with Crippen LogP contribution in [0.15, 0.2) is 30.3 Å². The third kappa shape index (κ3) is 4.05. The Bertz CT molecular complexity index is 262. The van der Waals surface area contributed by atoms with Crippen LogP contribution in [0.4, 0.5) is 0 Å². The van der Waals surface area contributed by atoms with E-state index in [1.165, 1.54) is 31.2 Å². The average molecular weight is 205 g/mol. The fraction of sp³-hybridized carbons (Fsp3) is 0.571. The molecule has 1 aromatic carbocycles. The molecule has 0 spiro atoms. The lowest BCUT2D eigenvalue weighted by Crippen LogP contribution is -2.26. The molecule has 0 saturated carbocycles. The maximum atomic E-state index is 5.80. The summed E-state index contributed by atoms with van der Waals surface area (Å²) in [5, 5.41) is 0. The molecule has 0 saturated heterocycles. The molecule has 0 heterocycles. The highest BCUT2D eigenvalue weighted by Gasteiger charge is 2.18. The van der Waals surface area contributed by atoms with Gasteiger partial charge in [0.2, 0.25) is 0 Å². The summed E-state index contributed by atoms with van der Waals surface area (Å²) in [6, 6.07) is 10.7. The number of hydrogen-bond acceptors (Lipinski definition) is 1. The van der Waals surface area contributed by atoms with Gasteiger partial charge >= 0.3 is 0 Å². The van der Waals surface area contributed by atoms with Gasteiger partial charge in [0.25, 0.3) is 0 Å². The summed E-state index contributed by atoms with van der Waals surface area (Å²) in [6.45, 7) is 5.33. The Balaban J connectivity index is 2.33. The summed E-state index contributed by atoms with van der Waals surface area (Å²) in [5.74, 6) is 0. The predicted molar refractivity (Wildman–Crippen MR) is 66.8 cm³/mol. The van der Waals surface area contributed by atoms with Crippen molar-refractivity contribution in [3.63, 3.8) is 0 Å². The van der Waals surface area contributed by atoms with Gasteiger partial charge in [0.15, 0.2) is 0 Å². The van der Waals surface area contributed by atoms with Crippen molar-refractivity contribution in [3.8, 4) is 0 Å². The second kappa shape index (κ2) is 5.92. The SMILES string of the molecule is CCC(C)(CN)CCCc1ccccc1. The van der Waals surface area contributed by atoms with E-state index >= 15 is 0 Å². The van der Waals surface area contributed by atoms with Gasteiger partial charge in [0.1, 0.15) is 0 Å². The third-order valence-corrected chi connectivity index (χ3v) is 3.43. The van der Waals surface area contributed by atoms with E-state index in [1.807, 2.05) is 0 Å². The lowest BCUT2D eigenvalue weighted by Gasteiger charge is -2.26. The maximum Gasteiger partial charge on any atom is -0.00233 e. The molecular weight excluding hydrogens is 182 g/mol. The minimum absolute atomic E-state index is 0.342. The van der Waals surface area contributed by atoms with E-state index < -0.39 is 0 Å². The molecule has 0 radical (unpaired) electrons. The number of aryl methyl sites for hydroxylation is 1. The summed E-state index contributed by atoms with van der Waals surface area (Å²) in [5.41, 5.74) is 7.58. The van der Waals surface area contributed by atoms with Crippen LogP contribution >= 0.6 is 0 Å². The summed E-state index contributed by atoms with van der Waals surface area (Å²) in [4.78, 5) is 0. The van der Waals surface area contributed by atoms with Gasteiger partial charge in [0, 0.05) is 0 Å². The van der Waals surface area contributed by atoms with Crippen LogP contribution in [-0.2, 0) is 6.42 Å². The van der Waals surface area contributed by atoms with Gasteiger partial charge in [-0.05, 0) is 43.2 Å². The van der Waals surface area contributed by atoms with E-state index in [1.54, 1.807) is 0 Å². The van der Waals surface area contributed by atoms with Crippen molar-refractivity contribution >= 4 is 0 Å². The first kappa shape index (κ1) is 12.3. The van der Waals surface area contributed by atoms with Crippen LogP contribution in [-0.4, -0.2) is 6.54 Å². The van der Waals surface area contributed by atoms with Gasteiger partial charge in [-0.15, -0.1) is 0 Å². The van der Waals surface area contributed by atoms with Crippen molar-refractivity contribution < 1.29 is 0 Å². The first-order chi connectivity index (χ1) is 7.20. The number of hydrogen-bond donors (Lipinski definition) is 1. The first-order valence-electron chi connectivity index (χ1n) is 5.94. The topological polar surface area (TPSA) is 26.0 Å². The zero-order valence-corrected chi connectivity index (χ0v) is 10.00. The Kier molecular flexibility index (Phi) is 4.83. The van der Waals surface area contributed by atoms with E-state index in [9.17, 15) is 0 Å². The Labute approximate surface area is 93.7 Å². The van der Waals surface area contributed by atoms with Crippen molar-refractivity contribution in [2.75, 3.05) is 6.54 Å². The highest BCUT2D eigenvalue weighted by molar-refractivity contribution is 5.14. The van der Waals surface area contributed by atoms with Crippen molar-refractivity contribution in [1.29, 1.82) is 0 Å². The molecule has 0 aliphatic carbocycles. The largest absolute Gasteiger partial charge is 0.330 e. The molecule has 1 atom stereocenters. The minimum Gasteiger partial charge on any atom is -0.330 e. The second-order valence-electron chi connectivity index (χ2n) is 4.71. The van der Waals surface area contributed by atoms with Crippen LogP contribution in [0.2, 0.25) is 0 Å². The third-order valence-electron chi connectivity index (χ3n) is 3.43. The van der Waals surface area contributed by atoms with Crippen LogP contribution in [0.1, 0.15) is 38.7 Å². The molecule has 1 heteroatoms. The van der Waals surface area contributed by atoms with Crippen molar-refractivity contribution in [2.24, 2.45) is 11.1 Å². The molecule has 0 aliphatic heterocycles. The van der Waals surface area contributed by atoms with Gasteiger partial charge in [-0.1, -0.05) is 44.2 Å². The van der Waals surface area contributed by atoms with Gasteiger partial charge < -0.3 is 5.73 Å². The number of benzene rings is 1. The zero-order chi connectivity index (χ0) is 11.1. The predicted octanol–water partition coefficient (Wildman–Crippen LogP) is 3.38. The Morgan fingerprint density at radius 3 is 2.40 bits per heavy atom. The standard InChI is InChI=1S/C14H23N/c1-3-14(2,12-15)11-7-10-13-8-5-4-6-9-13/h4-6,8-9H,3,7,10-12,15H2,1-2H3. The molecule has 1 nitrogen and oxygen atoms in total. The van der Waals surface area contributed by atoms with Crippen LogP contribution in [0.3, 0.4) is 0 Å². The summed E-state index contributed by atoms with van der Waals surface area (Å²) < 4.78 is 0. The molecule has 1 rings (SSSR count). The molecule has 1 unspecified atom stereocenters. The van der Waals surface area contributed by atoms with Crippen molar-refractivity contribution in [2.45, 2.75) is 39.5 Å². The number of rotatable bonds is 6. The van der Waals surface area contributed by atoms with Crippen molar-refractivity contribution in [3.05, 3.63) is 35.9 Å². The summed E-state index contributed by atoms with van der Waals surface area (Å²) >= 11 is 0. The molecular formula is C14H23N. The second-order valence-corrected chi connectivity index (χ2v) is 4.71. The van der Waals surface area contributed by atoms with E-state index in [4.69, 9.17) is 5.73 Å². The fourth-order valence-electron chi connectivity index (χ4n) is 1.79. The highest BCUT2D eigenvalue weighted by Crippen LogP contribution is 2.26. The molecule has 0 aromatic heterocycles. The van der Waals surface area contributed by atoms with Gasteiger partial charge in [0.05, 0.1) is 0 Å². The van der Waals surface area contributed by atoms with Crippen LogP contribution in [0, 0.1) is 5.41 Å². The smallest absolute Gasteiger partial charge is 0.00233 e. The molecule has 0 amide bonds. The van der Waals surface area contributed by atoms with Crippen LogP contribution in [0.5, 0.6) is 0 Å². The molecule has 1 aromatic rings. The molecule has 84 valence electrons. The van der Waals surface area contributed by atoms with E-state index in [-0.39, 0.29) is 0 Å². The van der Waals surface area contributed by atoms with E-state index in [0.29, 0.717) is 5.41 Å². The molecule has 0 fully saturated rings. The average Bonchev–Trinajstić information content (AvgIpc) is 2.30. The molecule has 2 N–H and O–H groups in total. The molecule has 15 heavy (non-hydrogen) atoms. The number of nitrogens with two attached hydrogens (primary N) is 1. The normalized spacial score (nSPS) is 14.9. The van der Waals surface area contributed by atoms with E-state index in [0.717, 1.165) is 6.54 Å². The van der Waals surface area contributed by atoms with Gasteiger partial charge in [-0.3, -0.25) is 0 Å². The van der Waals surface area contributed by atoms with Crippen LogP contribution in [0.25, 0.3) is 0 Å². The van der Waals surface area contributed by atoms with Gasteiger partial charge in [-0.25, -0.2) is 0 Å². The Hall–Kier alpha value is -0.820. The van der Waals surface area contributed by atoms with E-state index in [2.05, 4.69) is 44.2 Å². The summed E-state index contributed by atoms with van der Waals surface area (Å²) in [7, 11) is 0. The fourth-order valence-corrected chi connectivity index (χ4v) is 1.79. The molecule has 0 bridgehead atoms. The van der Waals surface area contributed by atoms with Gasteiger partial charge in [-0.2, -0.15) is 0 Å². The minimum atomic E-state index is 0.342. The Morgan fingerprint density at radius 2 is 1.87 bits per heavy atom. The highest BCUT2D eigenvalue weighted by atomic mass is 14.6. The zero-order valence-electron chi connectivity index (χ0n) is 10.00. The van der Waals surface area contributed by atoms with Crippen molar-refractivity contribution in [1.82, 2.24) is 0 Å². The summed E-state index contributed by atoms with van der Waals surface area (Å²) in [6.07, 6.45) is 4.83. The van der Waals surface area contributed by atoms with Crippen LogP contribution < -0.4 is 5.73 Å². The maximum absolute atomic E-state index is 5.80. The first-order valence-corrected chi connectivity index (χ1v) is 5.94. The Morgan fingerprint density at radius 1 is 1.20 bits per heavy atom. The quantitative estimate of drug-likeness (QED) is 0.757. The molecule has 0 aliphatic rings.